The van der Waals surface area contributed by atoms with Gasteiger partial charge < -0.3 is 0 Å². The van der Waals surface area contributed by atoms with Gasteiger partial charge in [0.2, 0.25) is 0 Å². The van der Waals surface area contributed by atoms with Crippen LogP contribution >= 0.6 is 0 Å². The van der Waals surface area contributed by atoms with Crippen molar-refractivity contribution in [1.29, 1.82) is 0 Å². The third-order valence-electron chi connectivity index (χ3n) is 2.55. The molecule has 0 heteroatoms. The van der Waals surface area contributed by atoms with Gasteiger partial charge in [-0.3, -0.25) is 0 Å². The van der Waals surface area contributed by atoms with Crippen LogP contribution in [0.25, 0.3) is 6.08 Å². The summed E-state index contributed by atoms with van der Waals surface area (Å²) < 4.78 is 0. The highest BCUT2D eigenvalue weighted by molar-refractivity contribution is 5.51. The quantitative estimate of drug-likeness (QED) is 0.653. The molecule has 0 radical (unpaired) electrons. The van der Waals surface area contributed by atoms with Gasteiger partial charge in [0.25, 0.3) is 0 Å². The molecule has 0 aromatic heterocycles. The zero-order chi connectivity index (χ0) is 12.8. The van der Waals surface area contributed by atoms with Crippen molar-refractivity contribution in [2.24, 2.45) is 0 Å². The van der Waals surface area contributed by atoms with Gasteiger partial charge in [0.1, 0.15) is 0 Å². The van der Waals surface area contributed by atoms with Gasteiger partial charge >= 0.3 is 0 Å². The van der Waals surface area contributed by atoms with Crippen LogP contribution in [0.15, 0.2) is 55.1 Å². The Bertz CT molecular complexity index is 638. The van der Waals surface area contributed by atoms with Crippen LogP contribution in [-0.4, -0.2) is 0 Å². The highest BCUT2D eigenvalue weighted by Crippen LogP contribution is 2.05. The van der Waals surface area contributed by atoms with Crippen molar-refractivity contribution >= 4 is 6.08 Å². The minimum atomic E-state index is 0.871. The molecule has 0 amide bonds. The topological polar surface area (TPSA) is 0 Å². The van der Waals surface area contributed by atoms with Crippen molar-refractivity contribution < 1.29 is 0 Å². The number of rotatable bonds is 1. The fourth-order valence-corrected chi connectivity index (χ4v) is 1.50. The fourth-order valence-electron chi connectivity index (χ4n) is 1.50. The van der Waals surface area contributed by atoms with Crippen molar-refractivity contribution in [3.05, 3.63) is 77.4 Å². The Hall–Kier alpha value is -2.70. The van der Waals surface area contributed by atoms with Gasteiger partial charge in [-0.05, 0) is 42.0 Å². The zero-order valence-corrected chi connectivity index (χ0v) is 9.98. The molecule has 0 spiro atoms. The van der Waals surface area contributed by atoms with Gasteiger partial charge in [0.05, 0.1) is 0 Å². The molecule has 0 aliphatic heterocycles. The molecule has 0 nitrogen and oxygen atoms in total. The number of hydrogen-bond acceptors (Lipinski definition) is 0. The molecule has 0 heterocycles. The number of hydrogen-bond donors (Lipinski definition) is 0. The van der Waals surface area contributed by atoms with E-state index >= 15 is 0 Å². The molecule has 0 fully saturated rings. The lowest BCUT2D eigenvalue weighted by atomic mass is 10.1. The summed E-state index contributed by atoms with van der Waals surface area (Å²) in [6.45, 7) is 3.72. The van der Waals surface area contributed by atoms with Gasteiger partial charge in [0, 0.05) is 16.7 Å². The second kappa shape index (κ2) is 5.58. The maximum atomic E-state index is 5.30. The first-order valence-corrected chi connectivity index (χ1v) is 5.63. The summed E-state index contributed by atoms with van der Waals surface area (Å²) in [4.78, 5) is 0. The Morgan fingerprint density at radius 1 is 0.778 bits per heavy atom. The van der Waals surface area contributed by atoms with Crippen LogP contribution in [-0.2, 0) is 0 Å². The van der Waals surface area contributed by atoms with E-state index in [1.165, 1.54) is 0 Å². The average Bonchev–Trinajstić information content (AvgIpc) is 2.46. The van der Waals surface area contributed by atoms with E-state index in [1.807, 2.05) is 54.6 Å². The lowest BCUT2D eigenvalue weighted by molar-refractivity contribution is 1.59. The summed E-state index contributed by atoms with van der Waals surface area (Å²) in [5.74, 6) is 8.80. The molecule has 2 rings (SSSR count). The SMILES string of the molecule is C#Cc1ccc(C#Cc2ccc(C=C)cc2)cc1. The highest BCUT2D eigenvalue weighted by atomic mass is 13.9. The second-order valence-electron chi connectivity index (χ2n) is 3.80. The lowest BCUT2D eigenvalue weighted by Crippen LogP contribution is -1.78. The Labute approximate surface area is 108 Å². The summed E-state index contributed by atoms with van der Waals surface area (Å²) in [7, 11) is 0. The maximum absolute atomic E-state index is 5.30. The maximum Gasteiger partial charge on any atom is 0.0249 e. The number of benzene rings is 2. The predicted molar refractivity (Wildman–Crippen MR) is 76.9 cm³/mol. The summed E-state index contributed by atoms with van der Waals surface area (Å²) >= 11 is 0. The van der Waals surface area contributed by atoms with E-state index in [2.05, 4.69) is 24.3 Å². The molecule has 2 aromatic rings. The van der Waals surface area contributed by atoms with Crippen LogP contribution in [0.5, 0.6) is 0 Å². The van der Waals surface area contributed by atoms with Crippen LogP contribution in [0, 0.1) is 24.2 Å². The van der Waals surface area contributed by atoms with E-state index < -0.39 is 0 Å². The Kier molecular flexibility index (Phi) is 3.65. The van der Waals surface area contributed by atoms with E-state index in [0.717, 1.165) is 22.3 Å². The van der Waals surface area contributed by atoms with Crippen LogP contribution in [0.2, 0.25) is 0 Å². The molecule has 84 valence electrons. The largest absolute Gasteiger partial charge is 0.115 e. The van der Waals surface area contributed by atoms with E-state index in [0.29, 0.717) is 0 Å². The highest BCUT2D eigenvalue weighted by Gasteiger charge is 1.89. The first kappa shape index (κ1) is 11.8. The van der Waals surface area contributed by atoms with Crippen molar-refractivity contribution in [2.45, 2.75) is 0 Å². The molecule has 2 aromatic carbocycles. The molecule has 0 atom stereocenters. The fraction of sp³-hybridized carbons (Fsp3) is 0. The standard InChI is InChI=1S/C18H12/c1-3-15-5-9-17(10-6-15)13-14-18-11-7-16(4-2)8-12-18/h1,4-12H,2H2. The number of terminal acetylenes is 1. The zero-order valence-electron chi connectivity index (χ0n) is 9.98. The molecule has 0 N–H and O–H groups in total. The Morgan fingerprint density at radius 3 is 1.67 bits per heavy atom. The van der Waals surface area contributed by atoms with Gasteiger partial charge in [-0.2, -0.15) is 0 Å². The molecular formula is C18H12. The molecule has 0 saturated carbocycles. The van der Waals surface area contributed by atoms with E-state index in [9.17, 15) is 0 Å². The molecule has 18 heavy (non-hydrogen) atoms. The van der Waals surface area contributed by atoms with E-state index in [-0.39, 0.29) is 0 Å². The normalized spacial score (nSPS) is 8.83. The van der Waals surface area contributed by atoms with E-state index in [1.54, 1.807) is 0 Å². The minimum Gasteiger partial charge on any atom is -0.115 e. The van der Waals surface area contributed by atoms with Crippen molar-refractivity contribution in [3.8, 4) is 24.2 Å². The van der Waals surface area contributed by atoms with Crippen LogP contribution in [0.1, 0.15) is 22.3 Å². The first-order valence-electron chi connectivity index (χ1n) is 5.63. The van der Waals surface area contributed by atoms with E-state index in [4.69, 9.17) is 6.42 Å². The third-order valence-corrected chi connectivity index (χ3v) is 2.55. The van der Waals surface area contributed by atoms with Crippen LogP contribution in [0.4, 0.5) is 0 Å². The Balaban J connectivity index is 2.20. The van der Waals surface area contributed by atoms with Gasteiger partial charge in [-0.25, -0.2) is 0 Å². The molecule has 0 saturated heterocycles. The predicted octanol–water partition coefficient (Wildman–Crippen LogP) is 3.71. The van der Waals surface area contributed by atoms with Gasteiger partial charge in [0.15, 0.2) is 0 Å². The summed E-state index contributed by atoms with van der Waals surface area (Å²) in [5, 5.41) is 0. The lowest BCUT2D eigenvalue weighted by Gasteiger charge is -1.93. The van der Waals surface area contributed by atoms with Crippen LogP contribution in [0.3, 0.4) is 0 Å². The second-order valence-corrected chi connectivity index (χ2v) is 3.80. The summed E-state index contributed by atoms with van der Waals surface area (Å²) in [6, 6.07) is 15.6. The minimum absolute atomic E-state index is 0.871. The molecular weight excluding hydrogens is 216 g/mol. The summed E-state index contributed by atoms with van der Waals surface area (Å²) in [6.07, 6.45) is 7.11. The molecule has 0 unspecified atom stereocenters. The van der Waals surface area contributed by atoms with Crippen molar-refractivity contribution in [3.63, 3.8) is 0 Å². The van der Waals surface area contributed by atoms with Crippen LogP contribution < -0.4 is 0 Å². The molecule has 0 aliphatic carbocycles. The monoisotopic (exact) mass is 228 g/mol. The summed E-state index contributed by atoms with van der Waals surface area (Å²) in [5.41, 5.74) is 3.92. The van der Waals surface area contributed by atoms with Gasteiger partial charge in [-0.1, -0.05) is 42.5 Å². The smallest absolute Gasteiger partial charge is 0.0249 e. The first-order chi connectivity index (χ1) is 8.81. The average molecular weight is 228 g/mol. The molecule has 0 bridgehead atoms. The van der Waals surface area contributed by atoms with Gasteiger partial charge in [-0.15, -0.1) is 6.42 Å². The molecule has 0 aliphatic rings. The van der Waals surface area contributed by atoms with Crippen molar-refractivity contribution in [1.82, 2.24) is 0 Å². The third kappa shape index (κ3) is 2.91. The van der Waals surface area contributed by atoms with Crippen molar-refractivity contribution in [2.75, 3.05) is 0 Å². The Morgan fingerprint density at radius 2 is 1.22 bits per heavy atom.